The maximum atomic E-state index is 9.91. The Kier molecular flexibility index (Phi) is 4.99. The minimum atomic E-state index is 0.215. The summed E-state index contributed by atoms with van der Waals surface area (Å²) in [5.41, 5.74) is 1.74. The van der Waals surface area contributed by atoms with E-state index in [0.29, 0.717) is 32.9 Å². The second-order valence-corrected chi connectivity index (χ2v) is 10.1. The van der Waals surface area contributed by atoms with Crippen molar-refractivity contribution >= 4 is 15.0 Å². The van der Waals surface area contributed by atoms with E-state index in [0.717, 1.165) is 22.0 Å². The summed E-state index contributed by atoms with van der Waals surface area (Å²) in [7, 11) is 1.82. The van der Waals surface area contributed by atoms with Crippen LogP contribution in [0.4, 0.5) is 0 Å². The molecule has 0 aliphatic heterocycles. The summed E-state index contributed by atoms with van der Waals surface area (Å²) in [6, 6.07) is 10.6. The van der Waals surface area contributed by atoms with E-state index in [1.54, 1.807) is 0 Å². The third kappa shape index (κ3) is 2.89. The topological polar surface area (TPSA) is 29.5 Å². The van der Waals surface area contributed by atoms with E-state index in [1.807, 2.05) is 7.11 Å². The Bertz CT molecular complexity index is 487. The Labute approximate surface area is 140 Å². The Balaban J connectivity index is 1.61. The van der Waals surface area contributed by atoms with E-state index in [-0.39, 0.29) is 6.10 Å². The molecule has 3 aliphatic rings. The van der Waals surface area contributed by atoms with Crippen LogP contribution < -0.4 is 0 Å². The van der Waals surface area contributed by atoms with Gasteiger partial charge < -0.3 is 0 Å². The first-order valence-electron chi connectivity index (χ1n) is 8.38. The molecule has 3 heteroatoms. The van der Waals surface area contributed by atoms with Crippen LogP contribution in [0.25, 0.3) is 0 Å². The van der Waals surface area contributed by atoms with Gasteiger partial charge in [-0.2, -0.15) is 0 Å². The van der Waals surface area contributed by atoms with Gasteiger partial charge in [0, 0.05) is 0 Å². The molecule has 0 heterocycles. The van der Waals surface area contributed by atoms with Gasteiger partial charge in [-0.15, -0.1) is 0 Å². The van der Waals surface area contributed by atoms with E-state index in [1.165, 1.54) is 18.4 Å². The molecule has 1 N–H and O–H groups in total. The van der Waals surface area contributed by atoms with Crippen LogP contribution in [0, 0.1) is 23.2 Å². The number of fused-ring (bicyclic) bond motifs is 2. The van der Waals surface area contributed by atoms with Crippen molar-refractivity contribution in [3.05, 3.63) is 35.9 Å². The monoisotopic (exact) mass is 368 g/mol. The van der Waals surface area contributed by atoms with E-state index < -0.39 is 0 Å². The predicted molar refractivity (Wildman–Crippen MR) is 91.1 cm³/mol. The van der Waals surface area contributed by atoms with Crippen LogP contribution in [-0.2, 0) is 4.74 Å². The number of hydrogen-bond acceptors (Lipinski definition) is 2. The average Bonchev–Trinajstić information content (AvgIpc) is 2.56. The molecule has 0 saturated heterocycles. The van der Waals surface area contributed by atoms with Gasteiger partial charge in [0.05, 0.1) is 0 Å². The zero-order valence-corrected chi connectivity index (χ0v) is 15.6. The summed E-state index contributed by atoms with van der Waals surface area (Å²) < 4.78 is 5.73. The van der Waals surface area contributed by atoms with Gasteiger partial charge in [0.15, 0.2) is 0 Å². The second kappa shape index (κ2) is 6.65. The van der Waals surface area contributed by atoms with Crippen LogP contribution in [0.15, 0.2) is 30.3 Å². The van der Waals surface area contributed by atoms with Crippen LogP contribution in [0.5, 0.6) is 0 Å². The van der Waals surface area contributed by atoms with Crippen molar-refractivity contribution in [1.29, 1.82) is 0 Å². The first-order chi connectivity index (χ1) is 10.6. The fraction of sp³-hybridized carbons (Fsp3) is 0.684. The molecule has 0 radical (unpaired) electrons. The van der Waals surface area contributed by atoms with Crippen molar-refractivity contribution in [3.63, 3.8) is 0 Å². The van der Waals surface area contributed by atoms with Crippen LogP contribution in [0.3, 0.4) is 0 Å². The van der Waals surface area contributed by atoms with Crippen LogP contribution in [0.2, 0.25) is 10.1 Å². The number of hydrogen-bond donors (Lipinski definition) is 1. The van der Waals surface area contributed by atoms with Crippen molar-refractivity contribution in [3.8, 4) is 0 Å². The van der Waals surface area contributed by atoms with Gasteiger partial charge in [-0.05, 0) is 0 Å². The van der Waals surface area contributed by atoms with E-state index >= 15 is 0 Å². The predicted octanol–water partition coefficient (Wildman–Crippen LogP) is 3.96. The van der Waals surface area contributed by atoms with Gasteiger partial charge in [0.1, 0.15) is 0 Å². The minimum absolute atomic E-state index is 0.215. The second-order valence-electron chi connectivity index (χ2n) is 7.45. The number of aliphatic hydroxyl groups is 1. The molecule has 2 bridgehead atoms. The van der Waals surface area contributed by atoms with Gasteiger partial charge in [0.2, 0.25) is 0 Å². The first kappa shape index (κ1) is 16.5. The standard InChI is InChI=1S/C19H28O2Se/c1-19(2)14-9-16(19)15(11-20)18(10-14)22-12-17(21-3)13-7-5-4-6-8-13/h4-8,14-18,20H,9-12H2,1-3H3/t14-,15+,16+,17?,18+/m1/s1. The zero-order chi connectivity index (χ0) is 15.7. The molecule has 0 amide bonds. The molecule has 22 heavy (non-hydrogen) atoms. The van der Waals surface area contributed by atoms with Crippen LogP contribution >= 0.6 is 0 Å². The molecule has 3 saturated carbocycles. The van der Waals surface area contributed by atoms with Gasteiger partial charge in [-0.1, -0.05) is 0 Å². The van der Waals surface area contributed by atoms with Gasteiger partial charge >= 0.3 is 141 Å². The quantitative estimate of drug-likeness (QED) is 0.772. The van der Waals surface area contributed by atoms with Crippen molar-refractivity contribution in [1.82, 2.24) is 0 Å². The van der Waals surface area contributed by atoms with Gasteiger partial charge in [0.25, 0.3) is 0 Å². The van der Waals surface area contributed by atoms with Gasteiger partial charge in [-0.3, -0.25) is 0 Å². The number of rotatable bonds is 6. The van der Waals surface area contributed by atoms with E-state index in [4.69, 9.17) is 4.74 Å². The molecule has 4 rings (SSSR count). The van der Waals surface area contributed by atoms with Crippen molar-refractivity contribution in [2.45, 2.75) is 42.9 Å². The fourth-order valence-electron chi connectivity index (χ4n) is 4.51. The third-order valence-corrected chi connectivity index (χ3v) is 9.26. The molecule has 3 fully saturated rings. The molecule has 1 aromatic rings. The summed E-state index contributed by atoms with van der Waals surface area (Å²) in [5, 5.41) is 11.0. The molecule has 1 unspecified atom stereocenters. The van der Waals surface area contributed by atoms with Crippen molar-refractivity contribution in [2.75, 3.05) is 13.7 Å². The molecular weight excluding hydrogens is 339 g/mol. The average molecular weight is 367 g/mol. The molecular formula is C19H28O2Se. The summed E-state index contributed by atoms with van der Waals surface area (Å²) >= 11 is 0.539. The SMILES string of the molecule is COC(C[Se][C@H]1C[C@H]2C[C@@H]([C@@H]1CO)C2(C)C)c1ccccc1. The summed E-state index contributed by atoms with van der Waals surface area (Å²) in [6.45, 7) is 5.18. The normalized spacial score (nSPS) is 34.0. The Morgan fingerprint density at radius 3 is 2.59 bits per heavy atom. The molecule has 1 aromatic carbocycles. The molecule has 0 aromatic heterocycles. The first-order valence-corrected chi connectivity index (χ1v) is 10.6. The fourth-order valence-corrected chi connectivity index (χ4v) is 7.96. The Hall–Kier alpha value is -0.341. The maximum absolute atomic E-state index is 9.91. The van der Waals surface area contributed by atoms with Gasteiger partial charge in [-0.25, -0.2) is 0 Å². The Morgan fingerprint density at radius 1 is 1.27 bits per heavy atom. The van der Waals surface area contributed by atoms with Crippen molar-refractivity contribution in [2.24, 2.45) is 23.2 Å². The Morgan fingerprint density at radius 2 is 2.00 bits per heavy atom. The van der Waals surface area contributed by atoms with Crippen LogP contribution in [-0.4, -0.2) is 33.8 Å². The van der Waals surface area contributed by atoms with Crippen LogP contribution in [0.1, 0.15) is 38.4 Å². The summed E-state index contributed by atoms with van der Waals surface area (Å²) in [6.07, 6.45) is 2.88. The number of methoxy groups -OCH3 is 1. The molecule has 2 nitrogen and oxygen atoms in total. The molecule has 5 atom stereocenters. The van der Waals surface area contributed by atoms with E-state index in [9.17, 15) is 5.11 Å². The summed E-state index contributed by atoms with van der Waals surface area (Å²) in [5.74, 6) is 2.14. The molecule has 122 valence electrons. The number of aliphatic hydroxyl groups excluding tert-OH is 1. The summed E-state index contributed by atoms with van der Waals surface area (Å²) in [4.78, 5) is 0.732. The molecule has 0 spiro atoms. The third-order valence-electron chi connectivity index (χ3n) is 6.19. The number of benzene rings is 1. The van der Waals surface area contributed by atoms with E-state index in [2.05, 4.69) is 44.2 Å². The molecule has 3 aliphatic carbocycles. The number of ether oxygens (including phenoxy) is 1. The van der Waals surface area contributed by atoms with Crippen molar-refractivity contribution < 1.29 is 9.84 Å². The zero-order valence-electron chi connectivity index (χ0n) is 13.9.